The average molecular weight is 565 g/mol. The van der Waals surface area contributed by atoms with Gasteiger partial charge in [0.1, 0.15) is 17.4 Å². The van der Waals surface area contributed by atoms with Crippen LogP contribution in [-0.4, -0.2) is 54.8 Å². The van der Waals surface area contributed by atoms with Crippen molar-refractivity contribution in [1.82, 2.24) is 15.8 Å². The number of halogens is 3. The molecule has 2 N–H and O–H groups in total. The summed E-state index contributed by atoms with van der Waals surface area (Å²) in [6.07, 6.45) is -2.31. The van der Waals surface area contributed by atoms with Crippen molar-refractivity contribution in [2.45, 2.75) is 88.6 Å². The van der Waals surface area contributed by atoms with Crippen molar-refractivity contribution < 1.29 is 45.8 Å². The summed E-state index contributed by atoms with van der Waals surface area (Å²) in [7, 11) is -4.28. The SMILES string of the molecule is CCCCCCCCS(=O)(=O)c1ccc(C(=O)NNC(=O)C2(C)COC(C)(C)N2C(=O)[O-])cc1C(F)(F)F. The molecule has 1 aliphatic rings. The molecule has 14 heteroatoms. The van der Waals surface area contributed by atoms with E-state index in [2.05, 4.69) is 0 Å². The zero-order valence-electron chi connectivity index (χ0n) is 21.7. The van der Waals surface area contributed by atoms with Gasteiger partial charge < -0.3 is 19.5 Å². The van der Waals surface area contributed by atoms with Crippen LogP contribution in [0.4, 0.5) is 18.0 Å². The average Bonchev–Trinajstić information content (AvgIpc) is 3.08. The second-order valence-electron chi connectivity index (χ2n) is 9.81. The summed E-state index contributed by atoms with van der Waals surface area (Å²) in [6.45, 7) is 5.65. The Morgan fingerprint density at radius 3 is 2.24 bits per heavy atom. The maximum atomic E-state index is 13.8. The van der Waals surface area contributed by atoms with E-state index < -0.39 is 67.0 Å². The second-order valence-corrected chi connectivity index (χ2v) is 11.9. The predicted octanol–water partition coefficient (Wildman–Crippen LogP) is 2.77. The van der Waals surface area contributed by atoms with Crippen LogP contribution in [0.5, 0.6) is 0 Å². The fourth-order valence-corrected chi connectivity index (χ4v) is 5.88. The Labute approximate surface area is 219 Å². The first kappa shape index (κ1) is 31.3. The van der Waals surface area contributed by atoms with Gasteiger partial charge in [0, 0.05) is 5.56 Å². The van der Waals surface area contributed by atoms with Crippen molar-refractivity contribution in [3.05, 3.63) is 29.3 Å². The van der Waals surface area contributed by atoms with Crippen LogP contribution in [0.25, 0.3) is 0 Å². The predicted molar refractivity (Wildman–Crippen MR) is 128 cm³/mol. The lowest BCUT2D eigenvalue weighted by Crippen LogP contribution is -2.65. The van der Waals surface area contributed by atoms with Crippen molar-refractivity contribution in [3.63, 3.8) is 0 Å². The number of amides is 3. The number of carbonyl (C=O) groups excluding carboxylic acids is 3. The molecule has 1 unspecified atom stereocenters. The van der Waals surface area contributed by atoms with Crippen molar-refractivity contribution in [2.24, 2.45) is 0 Å². The summed E-state index contributed by atoms with van der Waals surface area (Å²) >= 11 is 0. The van der Waals surface area contributed by atoms with E-state index in [1.165, 1.54) is 20.8 Å². The molecular weight excluding hydrogens is 531 g/mol. The van der Waals surface area contributed by atoms with Crippen LogP contribution in [0.1, 0.15) is 82.1 Å². The number of nitrogens with zero attached hydrogens (tertiary/aromatic N) is 1. The molecule has 10 nitrogen and oxygen atoms in total. The number of hydrogen-bond acceptors (Lipinski definition) is 7. The quantitative estimate of drug-likeness (QED) is 0.328. The zero-order valence-corrected chi connectivity index (χ0v) is 22.6. The molecule has 0 aliphatic carbocycles. The molecule has 1 aromatic rings. The van der Waals surface area contributed by atoms with Gasteiger partial charge in [0.25, 0.3) is 11.8 Å². The Balaban J connectivity index is 2.18. The Morgan fingerprint density at radius 2 is 1.66 bits per heavy atom. The maximum Gasteiger partial charge on any atom is 0.417 e. The number of ether oxygens (including phenoxy) is 1. The van der Waals surface area contributed by atoms with Gasteiger partial charge in [-0.3, -0.25) is 20.4 Å². The summed E-state index contributed by atoms with van der Waals surface area (Å²) < 4.78 is 72.0. The highest BCUT2D eigenvalue weighted by atomic mass is 32.2. The molecule has 1 fully saturated rings. The first-order valence-corrected chi connectivity index (χ1v) is 13.8. The Morgan fingerprint density at radius 1 is 1.05 bits per heavy atom. The molecule has 38 heavy (non-hydrogen) atoms. The summed E-state index contributed by atoms with van der Waals surface area (Å²) in [5, 5.41) is 11.6. The van der Waals surface area contributed by atoms with Gasteiger partial charge >= 0.3 is 6.18 Å². The molecule has 2 rings (SSSR count). The molecule has 1 atom stereocenters. The van der Waals surface area contributed by atoms with Gasteiger partial charge in [-0.05, 0) is 45.4 Å². The molecule has 1 saturated heterocycles. The van der Waals surface area contributed by atoms with Gasteiger partial charge in [-0.25, -0.2) is 8.42 Å². The van der Waals surface area contributed by atoms with Crippen LogP contribution in [0.3, 0.4) is 0 Å². The lowest BCUT2D eigenvalue weighted by atomic mass is 10.0. The molecule has 0 bridgehead atoms. The van der Waals surface area contributed by atoms with Crippen LogP contribution in [0.2, 0.25) is 0 Å². The monoisotopic (exact) mass is 564 g/mol. The summed E-state index contributed by atoms with van der Waals surface area (Å²) in [5.41, 5.74) is -1.36. The minimum atomic E-state index is -5.07. The van der Waals surface area contributed by atoms with Gasteiger partial charge in [-0.1, -0.05) is 39.0 Å². The minimum absolute atomic E-state index is 0.208. The number of hydrazine groups is 1. The zero-order chi connectivity index (χ0) is 28.9. The number of sulfone groups is 1. The third kappa shape index (κ3) is 7.16. The number of rotatable bonds is 10. The smallest absolute Gasteiger partial charge is 0.417 e. The Hall–Kier alpha value is -2.87. The van der Waals surface area contributed by atoms with Crippen LogP contribution in [0, 0.1) is 0 Å². The van der Waals surface area contributed by atoms with Gasteiger partial charge in [-0.2, -0.15) is 13.2 Å². The van der Waals surface area contributed by atoms with Gasteiger partial charge in [0.05, 0.1) is 22.8 Å². The second kappa shape index (κ2) is 11.9. The number of benzene rings is 1. The number of carboxylic acid groups (broad SMARTS) is 1. The molecule has 0 radical (unpaired) electrons. The molecule has 1 heterocycles. The molecular formula is C24H33F3N3O7S-. The molecule has 0 aromatic heterocycles. The lowest BCUT2D eigenvalue weighted by molar-refractivity contribution is -0.278. The van der Waals surface area contributed by atoms with Crippen molar-refractivity contribution in [1.29, 1.82) is 0 Å². The number of alkyl halides is 3. The number of unbranched alkanes of at least 4 members (excludes halogenated alkanes) is 5. The largest absolute Gasteiger partial charge is 0.530 e. The molecule has 0 saturated carbocycles. The highest BCUT2D eigenvalue weighted by molar-refractivity contribution is 7.91. The fourth-order valence-electron chi connectivity index (χ4n) is 4.30. The van der Waals surface area contributed by atoms with E-state index in [1.807, 2.05) is 17.8 Å². The maximum absolute atomic E-state index is 13.8. The van der Waals surface area contributed by atoms with Gasteiger partial charge in [-0.15, -0.1) is 0 Å². The molecule has 3 amide bonds. The molecule has 214 valence electrons. The number of nitrogens with one attached hydrogen (secondary N) is 2. The van der Waals surface area contributed by atoms with E-state index in [9.17, 15) is 41.1 Å². The lowest BCUT2D eigenvalue weighted by Gasteiger charge is -2.40. The molecule has 1 aromatic carbocycles. The molecule has 1 aliphatic heterocycles. The van der Waals surface area contributed by atoms with E-state index in [1.54, 1.807) is 0 Å². The first-order chi connectivity index (χ1) is 17.5. The normalized spacial score (nSPS) is 19.3. The van der Waals surface area contributed by atoms with Crippen LogP contribution >= 0.6 is 0 Å². The van der Waals surface area contributed by atoms with Gasteiger partial charge in [0.15, 0.2) is 9.84 Å². The number of carbonyl (C=O) groups is 3. The van der Waals surface area contributed by atoms with E-state index in [0.29, 0.717) is 17.4 Å². The van der Waals surface area contributed by atoms with Crippen molar-refractivity contribution in [2.75, 3.05) is 12.4 Å². The van der Waals surface area contributed by atoms with Crippen molar-refractivity contribution in [3.8, 4) is 0 Å². The topological polar surface area (TPSA) is 145 Å². The summed E-state index contributed by atoms with van der Waals surface area (Å²) in [5.74, 6) is -2.66. The highest BCUT2D eigenvalue weighted by Crippen LogP contribution is 2.36. The molecule has 0 spiro atoms. The van der Waals surface area contributed by atoms with E-state index in [4.69, 9.17) is 4.74 Å². The first-order valence-electron chi connectivity index (χ1n) is 12.2. The van der Waals surface area contributed by atoms with Crippen LogP contribution in [-0.2, 0) is 25.5 Å². The van der Waals surface area contributed by atoms with E-state index in [0.717, 1.165) is 37.8 Å². The number of hydrogen-bond donors (Lipinski definition) is 2. The van der Waals surface area contributed by atoms with Gasteiger partial charge in [0.2, 0.25) is 0 Å². The summed E-state index contributed by atoms with van der Waals surface area (Å²) in [6, 6.07) is 2.02. The van der Waals surface area contributed by atoms with E-state index in [-0.39, 0.29) is 13.0 Å². The van der Waals surface area contributed by atoms with E-state index >= 15 is 0 Å². The highest BCUT2D eigenvalue weighted by Gasteiger charge is 2.53. The summed E-state index contributed by atoms with van der Waals surface area (Å²) in [4.78, 5) is 36.5. The standard InChI is InChI=1S/C24H34F3N3O7S/c1-5-6-7-8-9-10-13-38(35,36)18-12-11-16(14-17(18)24(25,26)27)19(31)28-29-20(32)23(4)15-37-22(2,3)30(23)21(33)34/h11-12,14H,5-10,13,15H2,1-4H3,(H,28,31)(H,29,32)(H,33,34)/p-1. The minimum Gasteiger partial charge on any atom is -0.530 e. The third-order valence-electron chi connectivity index (χ3n) is 6.35. The third-order valence-corrected chi connectivity index (χ3v) is 8.20. The van der Waals surface area contributed by atoms with Crippen LogP contribution in [0.15, 0.2) is 23.1 Å². The Bertz CT molecular complexity index is 1160. The fraction of sp³-hybridized carbons (Fsp3) is 0.625. The Kier molecular flexibility index (Phi) is 9.81. The van der Waals surface area contributed by atoms with Crippen LogP contribution < -0.4 is 16.0 Å². The van der Waals surface area contributed by atoms with Crippen molar-refractivity contribution >= 4 is 27.7 Å².